The van der Waals surface area contributed by atoms with E-state index in [9.17, 15) is 0 Å². The molecule has 0 bridgehead atoms. The van der Waals surface area contributed by atoms with Gasteiger partial charge in [0, 0.05) is 127 Å². The van der Waals surface area contributed by atoms with E-state index in [1.165, 1.54) is 21.9 Å². The molecule has 0 radical (unpaired) electrons. The molecule has 13 aromatic rings. The van der Waals surface area contributed by atoms with Gasteiger partial charge in [0.1, 0.15) is 33.9 Å². The van der Waals surface area contributed by atoms with Gasteiger partial charge in [-0.2, -0.15) is 0 Å². The van der Waals surface area contributed by atoms with Gasteiger partial charge in [0.05, 0.1) is 0 Å². The maximum Gasteiger partial charge on any atom is 0.227 e. The molecule has 8 nitrogen and oxygen atoms in total. The maximum atomic E-state index is 6.75. The van der Waals surface area contributed by atoms with Gasteiger partial charge >= 0.3 is 0 Å². The molecule has 0 spiro atoms. The van der Waals surface area contributed by atoms with Gasteiger partial charge in [0.25, 0.3) is 0 Å². The number of fused-ring (bicyclic) bond motifs is 17. The van der Waals surface area contributed by atoms with Crippen LogP contribution in [-0.4, -0.2) is 9.97 Å². The number of rotatable bonds is 7. The first kappa shape index (κ1) is 40.8. The molecule has 3 aliphatic carbocycles. The molecule has 1 fully saturated rings. The normalized spacial score (nSPS) is 18.1. The lowest BCUT2D eigenvalue weighted by molar-refractivity contribution is 0.449. The molecule has 0 saturated heterocycles. The summed E-state index contributed by atoms with van der Waals surface area (Å²) < 4.78 is 26.2. The van der Waals surface area contributed by atoms with E-state index >= 15 is 0 Å². The fourth-order valence-electron chi connectivity index (χ4n) is 12.5. The van der Waals surface area contributed by atoms with Crippen LogP contribution in [0.3, 0.4) is 0 Å². The van der Waals surface area contributed by atoms with Gasteiger partial charge in [-0.3, -0.25) is 0 Å². The molecule has 350 valence electrons. The third-order valence-corrected chi connectivity index (χ3v) is 16.4. The third-order valence-electron chi connectivity index (χ3n) is 16.4. The van der Waals surface area contributed by atoms with Gasteiger partial charge < -0.3 is 27.5 Å². The smallest absolute Gasteiger partial charge is 0.227 e. The number of hydrogen-bond donors (Lipinski definition) is 0. The van der Waals surface area contributed by atoms with Gasteiger partial charge in [-0.25, -0.2) is 9.97 Å². The highest BCUT2D eigenvalue weighted by Gasteiger charge is 2.51. The number of furan rings is 4. The van der Waals surface area contributed by atoms with Gasteiger partial charge in [-0.05, 0) is 143 Å². The highest BCUT2D eigenvalue weighted by atomic mass is 16.3. The molecule has 8 heteroatoms. The Morgan fingerprint density at radius 3 is 1.55 bits per heavy atom. The van der Waals surface area contributed by atoms with Crippen LogP contribution in [0, 0.1) is 17.8 Å². The van der Waals surface area contributed by atoms with Gasteiger partial charge in [-0.1, -0.05) is 68.8 Å². The molecule has 4 atom stereocenters. The zero-order chi connectivity index (χ0) is 48.1. The number of hydrogen-bond acceptors (Lipinski definition) is 8. The fourth-order valence-corrected chi connectivity index (χ4v) is 12.5. The van der Waals surface area contributed by atoms with Crippen LogP contribution in [0.15, 0.2) is 188 Å². The van der Waals surface area contributed by atoms with Crippen molar-refractivity contribution in [1.82, 2.24) is 9.97 Å². The summed E-state index contributed by atoms with van der Waals surface area (Å²) in [5.74, 6) is 4.41. The number of aromatic nitrogens is 2. The summed E-state index contributed by atoms with van der Waals surface area (Å²) in [6.07, 6.45) is 15.9. The van der Waals surface area contributed by atoms with Crippen molar-refractivity contribution in [1.29, 1.82) is 0 Å². The number of allylic oxidation sites excluding steroid dienone is 2. The summed E-state index contributed by atoms with van der Waals surface area (Å²) in [5.41, 5.74) is 13.1. The second-order valence-corrected chi connectivity index (χ2v) is 20.4. The molecule has 3 aliphatic rings. The lowest BCUT2D eigenvalue weighted by atomic mass is 9.98. The topological polar surface area (TPSA) is 84.8 Å². The fraction of sp³-hybridized carbons (Fsp3) is 0.138. The Kier molecular flexibility index (Phi) is 8.56. The number of benzene rings is 7. The standard InChI is InChI=1S/C65H46N4O4/c1-3-37-7-4-8-49-50-21-15-42(32-58(50)70-57(49)29-37)68(44-17-23-52-55-9-5-27-66-64(55)72-60(52)34-44)40-13-19-47-38(30-40)11-12-39-31-41(14-20-48(39)47)69(45-18-24-53-56-10-6-28-67-65(56)73-61(53)35-45)43-16-22-51-54-26-25-46-36(2)62(46)63(54)71-59(51)33-43/h4-6,8-28,30-37,46,62H,3,7,29H2,1-2H3. The predicted octanol–water partition coefficient (Wildman–Crippen LogP) is 18.4. The van der Waals surface area contributed by atoms with E-state index in [2.05, 4.69) is 191 Å². The van der Waals surface area contributed by atoms with Crippen LogP contribution in [0.2, 0.25) is 0 Å². The van der Waals surface area contributed by atoms with E-state index in [1.54, 1.807) is 12.4 Å². The van der Waals surface area contributed by atoms with Gasteiger partial charge in [0.2, 0.25) is 11.4 Å². The van der Waals surface area contributed by atoms with Crippen LogP contribution in [0.1, 0.15) is 55.3 Å². The van der Waals surface area contributed by atoms with Crippen LogP contribution in [-0.2, 0) is 6.42 Å². The van der Waals surface area contributed by atoms with Crippen molar-refractivity contribution in [3.05, 3.63) is 193 Å². The van der Waals surface area contributed by atoms with Crippen molar-refractivity contribution in [2.45, 2.75) is 39.0 Å². The lowest BCUT2D eigenvalue weighted by Gasteiger charge is -2.26. The summed E-state index contributed by atoms with van der Waals surface area (Å²) in [4.78, 5) is 13.7. The Morgan fingerprint density at radius 2 is 0.986 bits per heavy atom. The van der Waals surface area contributed by atoms with E-state index in [-0.39, 0.29) is 0 Å². The Morgan fingerprint density at radius 1 is 0.493 bits per heavy atom. The van der Waals surface area contributed by atoms with Crippen molar-refractivity contribution in [3.63, 3.8) is 0 Å². The molecule has 0 amide bonds. The molecule has 1 saturated carbocycles. The summed E-state index contributed by atoms with van der Waals surface area (Å²) in [7, 11) is 0. The second-order valence-electron chi connectivity index (χ2n) is 20.4. The minimum Gasteiger partial charge on any atom is -0.460 e. The zero-order valence-corrected chi connectivity index (χ0v) is 40.2. The molecule has 7 aromatic carbocycles. The first-order valence-electron chi connectivity index (χ1n) is 25.6. The largest absolute Gasteiger partial charge is 0.460 e. The van der Waals surface area contributed by atoms with E-state index in [0.717, 1.165) is 130 Å². The Labute approximate surface area is 419 Å². The van der Waals surface area contributed by atoms with Gasteiger partial charge in [0.15, 0.2) is 0 Å². The Bertz CT molecular complexity index is 4530. The van der Waals surface area contributed by atoms with Crippen LogP contribution in [0.4, 0.5) is 34.1 Å². The average molecular weight is 947 g/mol. The summed E-state index contributed by atoms with van der Waals surface area (Å²) >= 11 is 0. The summed E-state index contributed by atoms with van der Waals surface area (Å²) in [6, 6.07) is 52.3. The van der Waals surface area contributed by atoms with Crippen LogP contribution < -0.4 is 9.80 Å². The van der Waals surface area contributed by atoms with Crippen molar-refractivity contribution in [2.24, 2.45) is 17.8 Å². The predicted molar refractivity (Wildman–Crippen MR) is 296 cm³/mol. The lowest BCUT2D eigenvalue weighted by Crippen LogP contribution is -2.10. The van der Waals surface area contributed by atoms with Crippen LogP contribution >= 0.6 is 0 Å². The van der Waals surface area contributed by atoms with E-state index in [4.69, 9.17) is 17.7 Å². The highest BCUT2D eigenvalue weighted by molar-refractivity contribution is 6.11. The molecule has 0 N–H and O–H groups in total. The van der Waals surface area contributed by atoms with Crippen LogP contribution in [0.5, 0.6) is 0 Å². The molecule has 73 heavy (non-hydrogen) atoms. The first-order chi connectivity index (χ1) is 36.0. The molecular weight excluding hydrogens is 901 g/mol. The minimum atomic E-state index is 0.461. The third kappa shape index (κ3) is 6.19. The Balaban J connectivity index is 0.822. The SMILES string of the molecule is CCC1CC=Cc2c(oc3cc(N(c4ccc5c(ccc6cc(N(c7ccc8c9c(oc8c7)C7C(C)C7C=C9)c7ccc8c(c7)oc7ncccc78)ccc65)c4)c4ccc5c(c4)oc4ncccc45)ccc23)C1. The van der Waals surface area contributed by atoms with Gasteiger partial charge in [-0.15, -0.1) is 0 Å². The second kappa shape index (κ2) is 15.3. The molecule has 0 aliphatic heterocycles. The van der Waals surface area contributed by atoms with Crippen molar-refractivity contribution < 1.29 is 17.7 Å². The molecular formula is C65H46N4O4. The molecule has 6 heterocycles. The zero-order valence-electron chi connectivity index (χ0n) is 40.2. The van der Waals surface area contributed by atoms with E-state index < -0.39 is 0 Å². The number of pyridine rings is 2. The number of nitrogens with zero attached hydrogens (tertiary/aromatic N) is 4. The molecule has 4 unspecified atom stereocenters. The Hall–Kier alpha value is -8.88. The molecule has 16 rings (SSSR count). The van der Waals surface area contributed by atoms with Crippen LogP contribution in [0.25, 0.3) is 99.8 Å². The van der Waals surface area contributed by atoms with Crippen molar-refractivity contribution >= 4 is 134 Å². The van der Waals surface area contributed by atoms with Crippen molar-refractivity contribution in [3.8, 4) is 0 Å². The highest BCUT2D eigenvalue weighted by Crippen LogP contribution is 2.59. The monoisotopic (exact) mass is 946 g/mol. The quantitative estimate of drug-likeness (QED) is 0.146. The number of anilines is 6. The first-order valence-corrected chi connectivity index (χ1v) is 25.6. The molecule has 6 aromatic heterocycles. The maximum absolute atomic E-state index is 6.75. The summed E-state index contributed by atoms with van der Waals surface area (Å²) in [5, 5.41) is 11.0. The van der Waals surface area contributed by atoms with E-state index in [1.807, 2.05) is 12.1 Å². The average Bonchev–Trinajstić information content (AvgIpc) is 3.73. The minimum absolute atomic E-state index is 0.461. The van der Waals surface area contributed by atoms with E-state index in [0.29, 0.717) is 35.1 Å². The summed E-state index contributed by atoms with van der Waals surface area (Å²) in [6.45, 7) is 4.60. The van der Waals surface area contributed by atoms with Crippen molar-refractivity contribution in [2.75, 3.05) is 9.80 Å².